The predicted molar refractivity (Wildman–Crippen MR) is 146 cm³/mol. The number of rotatable bonds is 7. The van der Waals surface area contributed by atoms with E-state index in [1.165, 1.54) is 30.2 Å². The molecule has 0 unspecified atom stereocenters. The highest BCUT2D eigenvalue weighted by Crippen LogP contribution is 2.47. The van der Waals surface area contributed by atoms with Gasteiger partial charge in [-0.05, 0) is 54.6 Å². The first-order valence-corrected chi connectivity index (χ1v) is 14.2. The predicted octanol–water partition coefficient (Wildman–Crippen LogP) is 6.50. The molecular weight excluding hydrogens is 638 g/mol. The quantitative estimate of drug-likeness (QED) is 0.227. The van der Waals surface area contributed by atoms with Gasteiger partial charge in [-0.25, -0.2) is 0 Å². The lowest BCUT2D eigenvalue weighted by Crippen LogP contribution is -2.39. The van der Waals surface area contributed by atoms with E-state index in [9.17, 15) is 31.5 Å². The second kappa shape index (κ2) is 12.1. The minimum absolute atomic E-state index is 0.00509. The van der Waals surface area contributed by atoms with Crippen molar-refractivity contribution in [3.63, 3.8) is 0 Å². The van der Waals surface area contributed by atoms with Gasteiger partial charge in [0.05, 0.1) is 29.8 Å². The van der Waals surface area contributed by atoms with Gasteiger partial charge in [0.25, 0.3) is 0 Å². The molecule has 0 bridgehead atoms. The SMILES string of the molecule is COc1cccc([C@H]2O[C@H](CC(=O)N3CCC(CC(=O)O)CC3)c3nnc(C(F)(F)Cl)n3-c3ccc(C(F)(F)F)cc32)c1Cl. The minimum Gasteiger partial charge on any atom is -0.495 e. The van der Waals surface area contributed by atoms with Gasteiger partial charge in [-0.3, -0.25) is 14.2 Å². The number of aromatic nitrogens is 3. The number of nitrogens with zero attached hydrogens (tertiary/aromatic N) is 4. The van der Waals surface area contributed by atoms with E-state index < -0.39 is 53.5 Å². The highest BCUT2D eigenvalue weighted by Gasteiger charge is 2.44. The highest BCUT2D eigenvalue weighted by molar-refractivity contribution is 6.33. The van der Waals surface area contributed by atoms with E-state index in [-0.39, 0.29) is 58.8 Å². The minimum atomic E-state index is -4.80. The molecule has 1 N–H and O–H groups in total. The van der Waals surface area contributed by atoms with Crippen molar-refractivity contribution in [3.05, 3.63) is 69.8 Å². The fourth-order valence-corrected chi connectivity index (χ4v) is 5.98. The number of halogens is 7. The molecule has 2 aliphatic heterocycles. The Hall–Kier alpha value is -3.49. The Bertz CT molecular complexity index is 1570. The summed E-state index contributed by atoms with van der Waals surface area (Å²) in [7, 11) is 1.34. The van der Waals surface area contributed by atoms with E-state index in [4.69, 9.17) is 37.8 Å². The Kier molecular flexibility index (Phi) is 8.80. The van der Waals surface area contributed by atoms with Gasteiger partial charge in [0, 0.05) is 30.6 Å². The van der Waals surface area contributed by atoms with Crippen LogP contribution in [0.2, 0.25) is 5.02 Å². The number of amides is 1. The fraction of sp³-hybridized carbons (Fsp3) is 0.429. The Balaban J connectivity index is 1.62. The van der Waals surface area contributed by atoms with Crippen LogP contribution in [0.25, 0.3) is 5.69 Å². The topological polar surface area (TPSA) is 107 Å². The molecule has 0 saturated carbocycles. The Morgan fingerprint density at radius 1 is 1.07 bits per heavy atom. The second-order valence-electron chi connectivity index (χ2n) is 10.5. The number of aliphatic carboxylic acids is 1. The van der Waals surface area contributed by atoms with Gasteiger partial charge < -0.3 is 19.5 Å². The Morgan fingerprint density at radius 3 is 2.39 bits per heavy atom. The normalized spacial score (nSPS) is 19.2. The first-order valence-electron chi connectivity index (χ1n) is 13.4. The van der Waals surface area contributed by atoms with Crippen molar-refractivity contribution >= 4 is 35.1 Å². The van der Waals surface area contributed by atoms with Crippen LogP contribution in [0.5, 0.6) is 5.75 Å². The maximum atomic E-state index is 14.6. The summed E-state index contributed by atoms with van der Waals surface area (Å²) >= 11 is 12.0. The number of alkyl halides is 6. The number of likely N-dealkylation sites (tertiary alicyclic amines) is 1. The van der Waals surface area contributed by atoms with Crippen molar-refractivity contribution in [2.45, 2.75) is 49.4 Å². The number of carboxylic acids is 1. The number of carbonyl (C=O) groups excluding carboxylic acids is 1. The molecule has 0 aliphatic carbocycles. The smallest absolute Gasteiger partial charge is 0.416 e. The summed E-state index contributed by atoms with van der Waals surface area (Å²) in [6.45, 7) is 0.503. The van der Waals surface area contributed by atoms with Crippen LogP contribution in [-0.4, -0.2) is 56.8 Å². The van der Waals surface area contributed by atoms with Crippen LogP contribution in [0, 0.1) is 5.92 Å². The van der Waals surface area contributed by atoms with Gasteiger partial charge in [0.2, 0.25) is 11.7 Å². The molecule has 2 aliphatic rings. The number of piperidine rings is 1. The summed E-state index contributed by atoms with van der Waals surface area (Å²) in [6, 6.07) is 6.99. The Morgan fingerprint density at radius 2 is 1.77 bits per heavy atom. The molecule has 16 heteroatoms. The summed E-state index contributed by atoms with van der Waals surface area (Å²) in [5.74, 6) is -2.70. The number of hydrogen-bond donors (Lipinski definition) is 1. The van der Waals surface area contributed by atoms with Gasteiger partial charge in [-0.15, -0.1) is 10.2 Å². The lowest BCUT2D eigenvalue weighted by Gasteiger charge is -2.32. The van der Waals surface area contributed by atoms with Gasteiger partial charge in [0.1, 0.15) is 18.0 Å². The zero-order valence-corrected chi connectivity index (χ0v) is 24.5. The van der Waals surface area contributed by atoms with Crippen LogP contribution < -0.4 is 4.74 Å². The molecular formula is C28H25Cl2F5N4O5. The van der Waals surface area contributed by atoms with Gasteiger partial charge >= 0.3 is 17.5 Å². The van der Waals surface area contributed by atoms with E-state index in [0.717, 1.165) is 22.8 Å². The molecule has 9 nitrogen and oxygen atoms in total. The monoisotopic (exact) mass is 662 g/mol. The maximum absolute atomic E-state index is 14.6. The molecule has 44 heavy (non-hydrogen) atoms. The third kappa shape index (κ3) is 6.33. The van der Waals surface area contributed by atoms with Gasteiger partial charge in [-0.2, -0.15) is 22.0 Å². The van der Waals surface area contributed by atoms with E-state index in [2.05, 4.69) is 10.2 Å². The zero-order chi connectivity index (χ0) is 32.0. The van der Waals surface area contributed by atoms with Gasteiger partial charge in [-0.1, -0.05) is 23.7 Å². The average Bonchev–Trinajstić information content (AvgIpc) is 3.36. The summed E-state index contributed by atoms with van der Waals surface area (Å²) in [5.41, 5.74) is -1.32. The molecule has 1 amide bonds. The third-order valence-electron chi connectivity index (χ3n) is 7.69. The number of carboxylic acid groups (broad SMARTS) is 1. The van der Waals surface area contributed by atoms with E-state index in [0.29, 0.717) is 12.8 Å². The molecule has 3 heterocycles. The summed E-state index contributed by atoms with van der Waals surface area (Å²) < 4.78 is 83.4. The number of ether oxygens (including phenoxy) is 2. The van der Waals surface area contributed by atoms with Crippen LogP contribution in [0.1, 0.15) is 66.2 Å². The van der Waals surface area contributed by atoms with Crippen LogP contribution in [0.15, 0.2) is 36.4 Å². The van der Waals surface area contributed by atoms with Crippen molar-refractivity contribution in [2.75, 3.05) is 20.2 Å². The number of carbonyl (C=O) groups is 2. The number of benzene rings is 2. The number of methoxy groups -OCH3 is 1. The second-order valence-corrected chi connectivity index (χ2v) is 11.3. The van der Waals surface area contributed by atoms with Gasteiger partial charge in [0.15, 0.2) is 5.82 Å². The molecule has 2 aromatic carbocycles. The summed E-state index contributed by atoms with van der Waals surface area (Å²) in [5, 5.41) is 12.4. The molecule has 5 rings (SSSR count). The molecule has 0 spiro atoms. The van der Waals surface area contributed by atoms with Crippen LogP contribution >= 0.6 is 23.2 Å². The van der Waals surface area contributed by atoms with Crippen LogP contribution in [0.3, 0.4) is 0 Å². The summed E-state index contributed by atoms with van der Waals surface area (Å²) in [4.78, 5) is 26.1. The zero-order valence-electron chi connectivity index (χ0n) is 23.0. The molecule has 236 valence electrons. The molecule has 0 radical (unpaired) electrons. The van der Waals surface area contributed by atoms with Crippen molar-refractivity contribution in [3.8, 4) is 11.4 Å². The molecule has 1 saturated heterocycles. The van der Waals surface area contributed by atoms with E-state index in [1.807, 2.05) is 0 Å². The Labute approximate surface area is 257 Å². The lowest BCUT2D eigenvalue weighted by molar-refractivity contribution is -0.139. The standard InChI is InChI=1S/C28H25Cl2F5N4O5/c1-43-19-4-2-3-16(23(19)29)24-17-12-15(28(33,34)35)5-6-18(17)39-25(36-37-26(39)27(30,31)32)20(44-24)13-21(40)38-9-7-14(8-10-38)11-22(41)42/h2-6,12,14,20,24H,7-11,13H2,1H3,(H,41,42)/t20-,24-/m1/s1. The number of fused-ring (bicyclic) bond motifs is 3. The maximum Gasteiger partial charge on any atom is 0.416 e. The van der Waals surface area contributed by atoms with Crippen molar-refractivity contribution in [1.29, 1.82) is 0 Å². The van der Waals surface area contributed by atoms with Crippen molar-refractivity contribution < 1.29 is 46.1 Å². The number of hydrogen-bond acceptors (Lipinski definition) is 6. The highest BCUT2D eigenvalue weighted by atomic mass is 35.5. The third-order valence-corrected chi connectivity index (χ3v) is 8.27. The summed E-state index contributed by atoms with van der Waals surface area (Å²) in [6.07, 6.45) is -7.21. The van der Waals surface area contributed by atoms with E-state index in [1.54, 1.807) is 0 Å². The molecule has 1 fully saturated rings. The molecule has 3 aromatic rings. The largest absolute Gasteiger partial charge is 0.495 e. The van der Waals surface area contributed by atoms with E-state index >= 15 is 0 Å². The van der Waals surface area contributed by atoms with Crippen molar-refractivity contribution in [1.82, 2.24) is 19.7 Å². The molecule has 2 atom stereocenters. The first-order chi connectivity index (χ1) is 20.7. The average molecular weight is 663 g/mol. The van der Waals surface area contributed by atoms with Crippen molar-refractivity contribution in [2.24, 2.45) is 5.92 Å². The van der Waals surface area contributed by atoms with Crippen LogP contribution in [0.4, 0.5) is 22.0 Å². The fourth-order valence-electron chi connectivity index (χ4n) is 5.56. The lowest BCUT2D eigenvalue weighted by atomic mass is 9.93. The first kappa shape index (κ1) is 31.9. The molecule has 1 aromatic heterocycles. The van der Waals surface area contributed by atoms with Crippen LogP contribution in [-0.2, 0) is 25.9 Å².